The van der Waals surface area contributed by atoms with E-state index >= 15 is 0 Å². The molecular weight excluding hydrogens is 409 g/mol. The summed E-state index contributed by atoms with van der Waals surface area (Å²) in [5, 5.41) is 10.7. The monoisotopic (exact) mass is 441 g/mol. The van der Waals surface area contributed by atoms with Crippen LogP contribution in [-0.2, 0) is 16.0 Å². The Morgan fingerprint density at radius 3 is 2.45 bits per heavy atom. The van der Waals surface area contributed by atoms with Crippen molar-refractivity contribution in [2.24, 2.45) is 11.7 Å². The number of nitrogens with one attached hydrogen (secondary N) is 2. The SMILES string of the molecule is CCCPCCC(NC(=O)c1ccccc1)C(Cc1cccc(C(=N)N)c1)C(=O)OC. The molecule has 6 nitrogen and oxygen atoms in total. The van der Waals surface area contributed by atoms with Crippen molar-refractivity contribution in [3.8, 4) is 0 Å². The topological polar surface area (TPSA) is 105 Å². The van der Waals surface area contributed by atoms with Crippen LogP contribution in [0.3, 0.4) is 0 Å². The standard InChI is InChI=1S/C24H32N3O3P/c1-3-13-31-14-12-21(27-23(28)18-9-5-4-6-10-18)20(24(29)30-2)16-17-8-7-11-19(15-17)22(25)26/h4-11,15,20-21,31H,3,12-14,16H2,1-2H3,(H3,25,26)(H,27,28). The number of esters is 1. The smallest absolute Gasteiger partial charge is 0.311 e. The van der Waals surface area contributed by atoms with Gasteiger partial charge in [-0.2, -0.15) is 0 Å². The molecule has 7 heteroatoms. The van der Waals surface area contributed by atoms with E-state index in [4.69, 9.17) is 15.9 Å². The molecule has 0 aliphatic rings. The van der Waals surface area contributed by atoms with Gasteiger partial charge in [-0.1, -0.05) is 49.7 Å². The molecule has 0 spiro atoms. The number of benzene rings is 2. The average Bonchev–Trinajstić information content (AvgIpc) is 2.79. The van der Waals surface area contributed by atoms with Crippen LogP contribution in [0.1, 0.15) is 41.3 Å². The van der Waals surface area contributed by atoms with E-state index in [0.717, 1.165) is 32.9 Å². The summed E-state index contributed by atoms with van der Waals surface area (Å²) in [5.41, 5.74) is 7.66. The first-order chi connectivity index (χ1) is 15.0. The number of nitrogens with two attached hydrogens (primary N) is 1. The third-order valence-corrected chi connectivity index (χ3v) is 6.59. The summed E-state index contributed by atoms with van der Waals surface area (Å²) in [6.07, 6.45) is 4.29. The van der Waals surface area contributed by atoms with Crippen molar-refractivity contribution >= 4 is 26.3 Å². The summed E-state index contributed by atoms with van der Waals surface area (Å²) >= 11 is 0. The molecular formula is C24H32N3O3P. The molecule has 0 bridgehead atoms. The highest BCUT2D eigenvalue weighted by atomic mass is 31.1. The van der Waals surface area contributed by atoms with Crippen molar-refractivity contribution in [1.29, 1.82) is 5.41 Å². The van der Waals surface area contributed by atoms with Gasteiger partial charge in [-0.3, -0.25) is 15.0 Å². The van der Waals surface area contributed by atoms with Gasteiger partial charge in [0.15, 0.2) is 0 Å². The molecule has 0 heterocycles. The molecule has 2 aromatic rings. The number of amides is 1. The minimum atomic E-state index is -0.536. The van der Waals surface area contributed by atoms with Gasteiger partial charge in [-0.05, 0) is 48.9 Å². The number of nitrogen functional groups attached to an aromatic ring is 1. The van der Waals surface area contributed by atoms with Crippen molar-refractivity contribution in [2.75, 3.05) is 19.4 Å². The number of amidine groups is 1. The van der Waals surface area contributed by atoms with Gasteiger partial charge in [0.25, 0.3) is 5.91 Å². The van der Waals surface area contributed by atoms with Crippen LogP contribution < -0.4 is 11.1 Å². The van der Waals surface area contributed by atoms with E-state index in [-0.39, 0.29) is 23.8 Å². The second kappa shape index (κ2) is 12.9. The zero-order valence-electron chi connectivity index (χ0n) is 18.2. The van der Waals surface area contributed by atoms with E-state index in [1.165, 1.54) is 7.11 Å². The molecule has 0 aliphatic carbocycles. The molecule has 0 saturated carbocycles. The van der Waals surface area contributed by atoms with Crippen molar-refractivity contribution in [1.82, 2.24) is 5.32 Å². The molecule has 3 atom stereocenters. The molecule has 0 fully saturated rings. The molecule has 0 aliphatic heterocycles. The maximum atomic E-state index is 12.8. The Labute approximate surface area is 186 Å². The highest BCUT2D eigenvalue weighted by Crippen LogP contribution is 2.22. The van der Waals surface area contributed by atoms with Gasteiger partial charge >= 0.3 is 5.97 Å². The van der Waals surface area contributed by atoms with E-state index in [1.807, 2.05) is 36.4 Å². The van der Waals surface area contributed by atoms with Gasteiger partial charge in [0.05, 0.1) is 13.0 Å². The zero-order valence-corrected chi connectivity index (χ0v) is 19.2. The molecule has 2 aromatic carbocycles. The van der Waals surface area contributed by atoms with Gasteiger partial charge < -0.3 is 15.8 Å². The lowest BCUT2D eigenvalue weighted by Crippen LogP contribution is -2.45. The van der Waals surface area contributed by atoms with E-state index in [2.05, 4.69) is 12.2 Å². The number of carbonyl (C=O) groups excluding carboxylic acids is 2. The molecule has 0 saturated heterocycles. The first-order valence-electron chi connectivity index (χ1n) is 10.5. The van der Waals surface area contributed by atoms with Gasteiger partial charge in [-0.25, -0.2) is 0 Å². The number of ether oxygens (including phenoxy) is 1. The van der Waals surface area contributed by atoms with E-state index < -0.39 is 5.92 Å². The Bertz CT molecular complexity index is 873. The Morgan fingerprint density at radius 2 is 1.81 bits per heavy atom. The van der Waals surface area contributed by atoms with Crippen molar-refractivity contribution in [3.05, 3.63) is 71.3 Å². The number of methoxy groups -OCH3 is 1. The minimum Gasteiger partial charge on any atom is -0.469 e. The Balaban J connectivity index is 2.26. The van der Waals surface area contributed by atoms with Crippen LogP contribution in [0.15, 0.2) is 54.6 Å². The lowest BCUT2D eigenvalue weighted by Gasteiger charge is -2.27. The minimum absolute atomic E-state index is 0.0221. The largest absolute Gasteiger partial charge is 0.469 e. The zero-order chi connectivity index (χ0) is 22.6. The summed E-state index contributed by atoms with van der Waals surface area (Å²) in [7, 11) is 2.16. The molecule has 31 heavy (non-hydrogen) atoms. The van der Waals surface area contributed by atoms with Crippen LogP contribution in [0, 0.1) is 11.3 Å². The predicted octanol–water partition coefficient (Wildman–Crippen LogP) is 3.58. The number of rotatable bonds is 12. The third-order valence-electron chi connectivity index (χ3n) is 5.09. The third kappa shape index (κ3) is 7.80. The van der Waals surface area contributed by atoms with Crippen LogP contribution in [-0.4, -0.2) is 43.2 Å². The second-order valence-corrected chi connectivity index (χ2v) is 8.93. The molecule has 0 radical (unpaired) electrons. The van der Waals surface area contributed by atoms with E-state index in [1.54, 1.807) is 18.2 Å². The maximum Gasteiger partial charge on any atom is 0.311 e. The van der Waals surface area contributed by atoms with Crippen molar-refractivity contribution < 1.29 is 14.3 Å². The van der Waals surface area contributed by atoms with Crippen molar-refractivity contribution in [3.63, 3.8) is 0 Å². The predicted molar refractivity (Wildman–Crippen MR) is 127 cm³/mol. The molecule has 2 rings (SSSR count). The summed E-state index contributed by atoms with van der Waals surface area (Å²) in [6.45, 7) is 2.15. The van der Waals surface area contributed by atoms with Crippen LogP contribution >= 0.6 is 8.58 Å². The van der Waals surface area contributed by atoms with Gasteiger partial charge in [0.2, 0.25) is 0 Å². The number of carbonyl (C=O) groups is 2. The maximum absolute atomic E-state index is 12.8. The van der Waals surface area contributed by atoms with Crippen LogP contribution in [0.5, 0.6) is 0 Å². The highest BCUT2D eigenvalue weighted by Gasteiger charge is 2.31. The van der Waals surface area contributed by atoms with E-state index in [9.17, 15) is 9.59 Å². The first kappa shape index (κ1) is 24.5. The molecule has 1 amide bonds. The van der Waals surface area contributed by atoms with Gasteiger partial charge in [0.1, 0.15) is 5.84 Å². The van der Waals surface area contributed by atoms with E-state index in [0.29, 0.717) is 24.0 Å². The average molecular weight is 442 g/mol. The fourth-order valence-electron chi connectivity index (χ4n) is 3.44. The number of hydrogen-bond donors (Lipinski definition) is 3. The molecule has 166 valence electrons. The Morgan fingerprint density at radius 1 is 1.10 bits per heavy atom. The summed E-state index contributed by atoms with van der Waals surface area (Å²) in [5.74, 6) is -1.11. The molecule has 3 unspecified atom stereocenters. The summed E-state index contributed by atoms with van der Waals surface area (Å²) in [6, 6.07) is 16.0. The fraction of sp³-hybridized carbons (Fsp3) is 0.375. The molecule has 4 N–H and O–H groups in total. The summed E-state index contributed by atoms with van der Waals surface area (Å²) < 4.78 is 5.10. The summed E-state index contributed by atoms with van der Waals surface area (Å²) in [4.78, 5) is 25.6. The van der Waals surface area contributed by atoms with Crippen LogP contribution in [0.2, 0.25) is 0 Å². The highest BCUT2D eigenvalue weighted by molar-refractivity contribution is 7.37. The fourth-order valence-corrected chi connectivity index (χ4v) is 4.55. The second-order valence-electron chi connectivity index (χ2n) is 7.43. The first-order valence-corrected chi connectivity index (χ1v) is 12.0. The normalized spacial score (nSPS) is 13.0. The van der Waals surface area contributed by atoms with Crippen molar-refractivity contribution in [2.45, 2.75) is 32.2 Å². The lowest BCUT2D eigenvalue weighted by atomic mass is 9.89. The van der Waals surface area contributed by atoms with Crippen LogP contribution in [0.4, 0.5) is 0 Å². The number of hydrogen-bond acceptors (Lipinski definition) is 4. The van der Waals surface area contributed by atoms with Gasteiger partial charge in [0, 0.05) is 17.2 Å². The molecule has 0 aromatic heterocycles. The quantitative estimate of drug-likeness (QED) is 0.154. The lowest BCUT2D eigenvalue weighted by molar-refractivity contribution is -0.146. The Hall–Kier alpha value is -2.72. The Kier molecular flexibility index (Phi) is 10.2. The van der Waals surface area contributed by atoms with Crippen LogP contribution in [0.25, 0.3) is 0 Å². The van der Waals surface area contributed by atoms with Gasteiger partial charge in [-0.15, -0.1) is 8.58 Å².